The molecule has 1 saturated carbocycles. The van der Waals surface area contributed by atoms with E-state index in [2.05, 4.69) is 30.9 Å². The molecule has 0 amide bonds. The Morgan fingerprint density at radius 1 is 1.25 bits per heavy atom. The van der Waals surface area contributed by atoms with Crippen molar-refractivity contribution in [3.63, 3.8) is 0 Å². The van der Waals surface area contributed by atoms with E-state index in [4.69, 9.17) is 17.3 Å². The molecule has 2 N–H and O–H groups in total. The molecule has 112 valence electrons. The number of halogens is 1. The first kappa shape index (κ1) is 15.8. The van der Waals surface area contributed by atoms with Crippen LogP contribution in [0.5, 0.6) is 0 Å². The molecule has 2 atom stereocenters. The summed E-state index contributed by atoms with van der Waals surface area (Å²) in [6.07, 6.45) is 4.94. The predicted molar refractivity (Wildman–Crippen MR) is 87.0 cm³/mol. The lowest BCUT2D eigenvalue weighted by Gasteiger charge is -2.35. The topological polar surface area (TPSA) is 29.3 Å². The molecule has 0 spiro atoms. The second kappa shape index (κ2) is 7.44. The highest BCUT2D eigenvalue weighted by molar-refractivity contribution is 6.30. The Hall–Kier alpha value is -0.570. The van der Waals surface area contributed by atoms with E-state index in [1.54, 1.807) is 0 Å². The normalized spacial score (nSPS) is 18.2. The first-order valence-corrected chi connectivity index (χ1v) is 8.28. The van der Waals surface area contributed by atoms with E-state index >= 15 is 0 Å². The molecule has 1 fully saturated rings. The van der Waals surface area contributed by atoms with Gasteiger partial charge in [0.15, 0.2) is 0 Å². The number of hydrogen-bond donors (Lipinski definition) is 1. The van der Waals surface area contributed by atoms with E-state index in [0.717, 1.165) is 23.9 Å². The lowest BCUT2D eigenvalue weighted by Crippen LogP contribution is -2.42. The predicted octanol–water partition coefficient (Wildman–Crippen LogP) is 4.24. The van der Waals surface area contributed by atoms with Crippen LogP contribution in [0.2, 0.25) is 5.02 Å². The van der Waals surface area contributed by atoms with Gasteiger partial charge in [-0.05, 0) is 55.8 Å². The second-order valence-corrected chi connectivity index (χ2v) is 6.44. The summed E-state index contributed by atoms with van der Waals surface area (Å²) in [6.45, 7) is 6.73. The Morgan fingerprint density at radius 2 is 1.90 bits per heavy atom. The van der Waals surface area contributed by atoms with Crippen molar-refractivity contribution in [2.24, 2.45) is 11.7 Å². The number of benzene rings is 1. The highest BCUT2D eigenvalue weighted by Gasteiger charge is 2.30. The van der Waals surface area contributed by atoms with Crippen molar-refractivity contribution < 1.29 is 0 Å². The average molecular weight is 295 g/mol. The molecular weight excluding hydrogens is 268 g/mol. The molecule has 1 aliphatic rings. The highest BCUT2D eigenvalue weighted by atomic mass is 35.5. The third-order valence-electron chi connectivity index (χ3n) is 4.18. The standard InChI is InChI=1S/C17H27ClN2/c1-3-11-20(12-13-5-6-13)17(16(19)4-2)14-7-9-15(18)10-8-14/h7-10,13,16-17H,3-6,11-12,19H2,1-2H3. The molecule has 2 nitrogen and oxygen atoms in total. The van der Waals surface area contributed by atoms with E-state index in [9.17, 15) is 0 Å². The smallest absolute Gasteiger partial charge is 0.0499 e. The van der Waals surface area contributed by atoms with E-state index in [0.29, 0.717) is 6.04 Å². The molecule has 3 heteroatoms. The molecule has 1 aliphatic carbocycles. The Morgan fingerprint density at radius 3 is 2.40 bits per heavy atom. The van der Waals surface area contributed by atoms with Crippen LogP contribution in [0, 0.1) is 5.92 Å². The van der Waals surface area contributed by atoms with E-state index in [1.807, 2.05) is 12.1 Å². The zero-order valence-electron chi connectivity index (χ0n) is 12.7. The van der Waals surface area contributed by atoms with Gasteiger partial charge in [0.2, 0.25) is 0 Å². The van der Waals surface area contributed by atoms with Gasteiger partial charge in [-0.15, -0.1) is 0 Å². The SMILES string of the molecule is CCCN(CC1CC1)C(c1ccc(Cl)cc1)C(N)CC. The van der Waals surface area contributed by atoms with Crippen LogP contribution >= 0.6 is 11.6 Å². The van der Waals surface area contributed by atoms with Gasteiger partial charge in [0.05, 0.1) is 0 Å². The van der Waals surface area contributed by atoms with Crippen molar-refractivity contribution >= 4 is 11.6 Å². The van der Waals surface area contributed by atoms with Crippen molar-refractivity contribution in [1.29, 1.82) is 0 Å². The van der Waals surface area contributed by atoms with Crippen LogP contribution in [-0.2, 0) is 0 Å². The molecule has 0 bridgehead atoms. The fourth-order valence-corrected chi connectivity index (χ4v) is 3.00. The summed E-state index contributed by atoms with van der Waals surface area (Å²) in [7, 11) is 0. The van der Waals surface area contributed by atoms with Crippen LogP contribution in [0.3, 0.4) is 0 Å². The van der Waals surface area contributed by atoms with Crippen LogP contribution in [0.25, 0.3) is 0 Å². The Labute approximate surface area is 128 Å². The minimum Gasteiger partial charge on any atom is -0.326 e. The molecule has 0 radical (unpaired) electrons. The van der Waals surface area contributed by atoms with Gasteiger partial charge >= 0.3 is 0 Å². The monoisotopic (exact) mass is 294 g/mol. The summed E-state index contributed by atoms with van der Waals surface area (Å²) in [5.74, 6) is 0.889. The second-order valence-electron chi connectivity index (χ2n) is 6.01. The molecule has 0 saturated heterocycles. The van der Waals surface area contributed by atoms with Crippen LogP contribution in [0.4, 0.5) is 0 Å². The Kier molecular flexibility index (Phi) is 5.88. The van der Waals surface area contributed by atoms with Gasteiger partial charge in [0, 0.05) is 23.7 Å². The third-order valence-corrected chi connectivity index (χ3v) is 4.43. The van der Waals surface area contributed by atoms with Gasteiger partial charge < -0.3 is 5.73 Å². The molecule has 20 heavy (non-hydrogen) atoms. The van der Waals surface area contributed by atoms with E-state index < -0.39 is 0 Å². The molecular formula is C17H27ClN2. The fraction of sp³-hybridized carbons (Fsp3) is 0.647. The van der Waals surface area contributed by atoms with Crippen molar-refractivity contribution in [3.8, 4) is 0 Å². The lowest BCUT2D eigenvalue weighted by atomic mass is 9.95. The average Bonchev–Trinajstić information content (AvgIpc) is 3.25. The fourth-order valence-electron chi connectivity index (χ4n) is 2.88. The molecule has 2 unspecified atom stereocenters. The molecule has 1 aromatic rings. The molecule has 1 aromatic carbocycles. The van der Waals surface area contributed by atoms with Crippen LogP contribution in [-0.4, -0.2) is 24.0 Å². The molecule has 2 rings (SSSR count). The van der Waals surface area contributed by atoms with Crippen LogP contribution in [0.15, 0.2) is 24.3 Å². The largest absolute Gasteiger partial charge is 0.326 e. The molecule has 0 heterocycles. The third kappa shape index (κ3) is 4.21. The van der Waals surface area contributed by atoms with Crippen molar-refractivity contribution in [1.82, 2.24) is 4.90 Å². The van der Waals surface area contributed by atoms with Gasteiger partial charge in [-0.1, -0.05) is 37.6 Å². The maximum Gasteiger partial charge on any atom is 0.0499 e. The first-order chi connectivity index (χ1) is 9.65. The lowest BCUT2D eigenvalue weighted by molar-refractivity contribution is 0.162. The number of hydrogen-bond acceptors (Lipinski definition) is 2. The zero-order valence-corrected chi connectivity index (χ0v) is 13.4. The summed E-state index contributed by atoms with van der Waals surface area (Å²) in [5, 5.41) is 0.793. The van der Waals surface area contributed by atoms with Crippen molar-refractivity contribution in [2.75, 3.05) is 13.1 Å². The zero-order chi connectivity index (χ0) is 14.5. The first-order valence-electron chi connectivity index (χ1n) is 7.90. The maximum atomic E-state index is 6.44. The van der Waals surface area contributed by atoms with Gasteiger partial charge in [-0.25, -0.2) is 0 Å². The molecule has 0 aromatic heterocycles. The van der Waals surface area contributed by atoms with E-state index in [1.165, 1.54) is 31.4 Å². The summed E-state index contributed by atoms with van der Waals surface area (Å²) in [4.78, 5) is 2.59. The quantitative estimate of drug-likeness (QED) is 0.777. The molecule has 0 aliphatic heterocycles. The van der Waals surface area contributed by atoms with Gasteiger partial charge in [-0.2, -0.15) is 0 Å². The number of nitrogens with zero attached hydrogens (tertiary/aromatic N) is 1. The van der Waals surface area contributed by atoms with Crippen molar-refractivity contribution in [2.45, 2.75) is 51.6 Å². The van der Waals surface area contributed by atoms with E-state index in [-0.39, 0.29) is 6.04 Å². The summed E-state index contributed by atoms with van der Waals surface area (Å²) >= 11 is 6.02. The minimum atomic E-state index is 0.182. The number of rotatable bonds is 8. The summed E-state index contributed by atoms with van der Waals surface area (Å²) < 4.78 is 0. The van der Waals surface area contributed by atoms with Crippen LogP contribution in [0.1, 0.15) is 51.1 Å². The van der Waals surface area contributed by atoms with Gasteiger partial charge in [0.1, 0.15) is 0 Å². The van der Waals surface area contributed by atoms with Crippen LogP contribution < -0.4 is 5.73 Å². The number of nitrogens with two attached hydrogens (primary N) is 1. The summed E-state index contributed by atoms with van der Waals surface area (Å²) in [5.41, 5.74) is 7.74. The van der Waals surface area contributed by atoms with Crippen molar-refractivity contribution in [3.05, 3.63) is 34.9 Å². The minimum absolute atomic E-state index is 0.182. The Bertz CT molecular complexity index is 400. The Balaban J connectivity index is 2.20. The van der Waals surface area contributed by atoms with Gasteiger partial charge in [-0.3, -0.25) is 4.90 Å². The maximum absolute atomic E-state index is 6.44. The van der Waals surface area contributed by atoms with Gasteiger partial charge in [0.25, 0.3) is 0 Å². The highest BCUT2D eigenvalue weighted by Crippen LogP contribution is 2.34. The summed E-state index contributed by atoms with van der Waals surface area (Å²) in [6, 6.07) is 8.73.